The summed E-state index contributed by atoms with van der Waals surface area (Å²) < 4.78 is 9.90. The molecule has 0 aromatic carbocycles. The Kier molecular flexibility index (Phi) is 3.14. The van der Waals surface area contributed by atoms with E-state index in [-0.39, 0.29) is 11.9 Å². The molecule has 1 rings (SSSR count). The van der Waals surface area contributed by atoms with Crippen molar-refractivity contribution in [3.05, 3.63) is 11.8 Å². The lowest BCUT2D eigenvalue weighted by Gasteiger charge is -2.04. The lowest BCUT2D eigenvalue weighted by Crippen LogP contribution is -2.13. The molecule has 0 fully saturated rings. The molecule has 0 aliphatic heterocycles. The van der Waals surface area contributed by atoms with E-state index in [1.165, 1.54) is 0 Å². The van der Waals surface area contributed by atoms with Crippen LogP contribution in [0.15, 0.2) is 11.8 Å². The van der Waals surface area contributed by atoms with Gasteiger partial charge in [-0.05, 0) is 19.4 Å². The molecule has 12 heavy (non-hydrogen) atoms. The van der Waals surface area contributed by atoms with E-state index in [4.69, 9.17) is 9.47 Å². The molecule has 0 N–H and O–H groups in total. The van der Waals surface area contributed by atoms with E-state index in [1.807, 2.05) is 13.0 Å². The SMILES string of the molecule is CCOC(=O)C1C=C(OC)CC1. The Bertz CT molecular complexity index is 196. The Hall–Kier alpha value is -0.990. The minimum absolute atomic E-state index is 0.0834. The number of rotatable bonds is 3. The molecule has 0 saturated heterocycles. The van der Waals surface area contributed by atoms with Crippen LogP contribution in [0.3, 0.4) is 0 Å². The minimum atomic E-state index is -0.135. The predicted molar refractivity (Wildman–Crippen MR) is 44.4 cm³/mol. The van der Waals surface area contributed by atoms with Crippen molar-refractivity contribution in [1.82, 2.24) is 0 Å². The summed E-state index contributed by atoms with van der Waals surface area (Å²) in [4.78, 5) is 11.2. The maximum atomic E-state index is 11.2. The highest BCUT2D eigenvalue weighted by molar-refractivity contribution is 5.75. The van der Waals surface area contributed by atoms with Crippen molar-refractivity contribution in [2.24, 2.45) is 5.92 Å². The zero-order valence-corrected chi connectivity index (χ0v) is 7.50. The molecule has 0 bridgehead atoms. The van der Waals surface area contributed by atoms with Crippen LogP contribution in [0.25, 0.3) is 0 Å². The number of carbonyl (C=O) groups excluding carboxylic acids is 1. The van der Waals surface area contributed by atoms with Crippen molar-refractivity contribution in [2.75, 3.05) is 13.7 Å². The Balaban J connectivity index is 2.45. The molecule has 0 saturated carbocycles. The highest BCUT2D eigenvalue weighted by Crippen LogP contribution is 2.25. The molecule has 0 amide bonds. The second-order valence-electron chi connectivity index (χ2n) is 2.73. The zero-order valence-electron chi connectivity index (χ0n) is 7.50. The third-order valence-electron chi connectivity index (χ3n) is 1.94. The quantitative estimate of drug-likeness (QED) is 0.602. The van der Waals surface area contributed by atoms with Gasteiger partial charge in [-0.2, -0.15) is 0 Å². The van der Waals surface area contributed by atoms with Gasteiger partial charge in [0.15, 0.2) is 0 Å². The summed E-state index contributed by atoms with van der Waals surface area (Å²) in [5.41, 5.74) is 0. The van der Waals surface area contributed by atoms with Crippen LogP contribution in [-0.2, 0) is 14.3 Å². The maximum Gasteiger partial charge on any atom is 0.312 e. The lowest BCUT2D eigenvalue weighted by atomic mass is 10.1. The molecule has 1 unspecified atom stereocenters. The van der Waals surface area contributed by atoms with Gasteiger partial charge < -0.3 is 9.47 Å². The van der Waals surface area contributed by atoms with Crippen molar-refractivity contribution >= 4 is 5.97 Å². The standard InChI is InChI=1S/C9H14O3/c1-3-12-9(10)7-4-5-8(6-7)11-2/h6-7H,3-5H2,1-2H3. The van der Waals surface area contributed by atoms with E-state index in [2.05, 4.69) is 0 Å². The molecular weight excluding hydrogens is 156 g/mol. The van der Waals surface area contributed by atoms with E-state index in [0.717, 1.165) is 18.6 Å². The summed E-state index contributed by atoms with van der Waals surface area (Å²) in [7, 11) is 1.62. The molecule has 0 radical (unpaired) electrons. The number of ether oxygens (including phenoxy) is 2. The van der Waals surface area contributed by atoms with E-state index < -0.39 is 0 Å². The monoisotopic (exact) mass is 170 g/mol. The summed E-state index contributed by atoms with van der Waals surface area (Å²) >= 11 is 0. The normalized spacial score (nSPS) is 21.8. The van der Waals surface area contributed by atoms with Gasteiger partial charge in [-0.15, -0.1) is 0 Å². The van der Waals surface area contributed by atoms with Gasteiger partial charge in [-0.1, -0.05) is 0 Å². The van der Waals surface area contributed by atoms with Gasteiger partial charge in [0.05, 0.1) is 25.4 Å². The molecule has 1 atom stereocenters. The molecular formula is C9H14O3. The summed E-state index contributed by atoms with van der Waals surface area (Å²) in [6, 6.07) is 0. The largest absolute Gasteiger partial charge is 0.501 e. The first-order valence-corrected chi connectivity index (χ1v) is 4.19. The van der Waals surface area contributed by atoms with E-state index in [1.54, 1.807) is 7.11 Å². The molecule has 3 heteroatoms. The van der Waals surface area contributed by atoms with Gasteiger partial charge >= 0.3 is 5.97 Å². The first kappa shape index (κ1) is 9.10. The van der Waals surface area contributed by atoms with Crippen molar-refractivity contribution in [3.8, 4) is 0 Å². The van der Waals surface area contributed by atoms with Crippen LogP contribution in [0.5, 0.6) is 0 Å². The van der Waals surface area contributed by atoms with Gasteiger partial charge in [0, 0.05) is 6.42 Å². The van der Waals surface area contributed by atoms with Crippen LogP contribution in [0.1, 0.15) is 19.8 Å². The van der Waals surface area contributed by atoms with Gasteiger partial charge in [0.1, 0.15) is 0 Å². The Morgan fingerprint density at radius 2 is 2.50 bits per heavy atom. The third kappa shape index (κ3) is 2.00. The van der Waals surface area contributed by atoms with Crippen LogP contribution < -0.4 is 0 Å². The van der Waals surface area contributed by atoms with E-state index >= 15 is 0 Å². The van der Waals surface area contributed by atoms with E-state index in [0.29, 0.717) is 6.61 Å². The smallest absolute Gasteiger partial charge is 0.312 e. The number of carbonyl (C=O) groups is 1. The Morgan fingerprint density at radius 1 is 1.75 bits per heavy atom. The van der Waals surface area contributed by atoms with Crippen LogP contribution >= 0.6 is 0 Å². The van der Waals surface area contributed by atoms with Gasteiger partial charge in [0.2, 0.25) is 0 Å². The molecule has 0 aromatic rings. The van der Waals surface area contributed by atoms with Crippen molar-refractivity contribution < 1.29 is 14.3 Å². The maximum absolute atomic E-state index is 11.2. The number of hydrogen-bond donors (Lipinski definition) is 0. The summed E-state index contributed by atoms with van der Waals surface area (Å²) in [5.74, 6) is 0.678. The van der Waals surface area contributed by atoms with Crippen LogP contribution in [0.4, 0.5) is 0 Å². The molecule has 0 aromatic heterocycles. The Labute approximate surface area is 72.4 Å². The number of esters is 1. The first-order valence-electron chi connectivity index (χ1n) is 4.19. The fourth-order valence-electron chi connectivity index (χ4n) is 1.29. The zero-order chi connectivity index (χ0) is 8.97. The fourth-order valence-corrected chi connectivity index (χ4v) is 1.29. The molecule has 0 spiro atoms. The van der Waals surface area contributed by atoms with Gasteiger partial charge in [-0.3, -0.25) is 4.79 Å². The summed E-state index contributed by atoms with van der Waals surface area (Å²) in [6.45, 7) is 2.26. The second kappa shape index (κ2) is 4.14. The van der Waals surface area contributed by atoms with Crippen molar-refractivity contribution in [1.29, 1.82) is 0 Å². The number of allylic oxidation sites excluding steroid dienone is 1. The van der Waals surface area contributed by atoms with Crippen LogP contribution in [-0.4, -0.2) is 19.7 Å². The van der Waals surface area contributed by atoms with Crippen LogP contribution in [0.2, 0.25) is 0 Å². The fraction of sp³-hybridized carbons (Fsp3) is 0.667. The highest BCUT2D eigenvalue weighted by atomic mass is 16.5. The average molecular weight is 170 g/mol. The number of hydrogen-bond acceptors (Lipinski definition) is 3. The Morgan fingerprint density at radius 3 is 3.00 bits per heavy atom. The molecule has 0 heterocycles. The van der Waals surface area contributed by atoms with Crippen LogP contribution in [0, 0.1) is 5.92 Å². The lowest BCUT2D eigenvalue weighted by molar-refractivity contribution is -0.146. The molecule has 68 valence electrons. The topological polar surface area (TPSA) is 35.5 Å². The van der Waals surface area contributed by atoms with Crippen molar-refractivity contribution in [3.63, 3.8) is 0 Å². The molecule has 1 aliphatic carbocycles. The highest BCUT2D eigenvalue weighted by Gasteiger charge is 2.23. The van der Waals surface area contributed by atoms with E-state index in [9.17, 15) is 4.79 Å². The predicted octanol–water partition coefficient (Wildman–Crippen LogP) is 1.49. The minimum Gasteiger partial charge on any atom is -0.501 e. The third-order valence-corrected chi connectivity index (χ3v) is 1.94. The van der Waals surface area contributed by atoms with Crippen molar-refractivity contribution in [2.45, 2.75) is 19.8 Å². The average Bonchev–Trinajstić information content (AvgIpc) is 2.52. The molecule has 3 nitrogen and oxygen atoms in total. The van der Waals surface area contributed by atoms with Gasteiger partial charge in [-0.25, -0.2) is 0 Å². The molecule has 1 aliphatic rings. The second-order valence-corrected chi connectivity index (χ2v) is 2.73. The first-order chi connectivity index (χ1) is 5.77. The van der Waals surface area contributed by atoms with Gasteiger partial charge in [0.25, 0.3) is 0 Å². The number of methoxy groups -OCH3 is 1. The summed E-state index contributed by atoms with van der Waals surface area (Å²) in [6.07, 6.45) is 3.51. The summed E-state index contributed by atoms with van der Waals surface area (Å²) in [5, 5.41) is 0.